The Balaban J connectivity index is 1.38. The van der Waals surface area contributed by atoms with Gasteiger partial charge in [0, 0.05) is 43.7 Å². The van der Waals surface area contributed by atoms with Crippen molar-refractivity contribution in [3.8, 4) is 16.3 Å². The van der Waals surface area contributed by atoms with Gasteiger partial charge >= 0.3 is 0 Å². The van der Waals surface area contributed by atoms with Crippen molar-refractivity contribution in [3.63, 3.8) is 0 Å². The maximum Gasteiger partial charge on any atom is 0.243 e. The normalized spacial score (nSPS) is 15.8. The largest absolute Gasteiger partial charge is 0.497 e. The molecule has 0 radical (unpaired) electrons. The SMILES string of the molecule is COc1ccc(-c2nc(CN3CCN(S(=O)(=O)c4cc(F)ccc4C)CC3)cs2)cc1. The summed E-state index contributed by atoms with van der Waals surface area (Å²) in [5.41, 5.74) is 2.56. The van der Waals surface area contributed by atoms with Gasteiger partial charge in [0.1, 0.15) is 16.6 Å². The van der Waals surface area contributed by atoms with Crippen molar-refractivity contribution in [2.75, 3.05) is 33.3 Å². The van der Waals surface area contributed by atoms with Crippen LogP contribution in [-0.4, -0.2) is 55.9 Å². The topological polar surface area (TPSA) is 62.7 Å². The molecule has 0 unspecified atom stereocenters. The Kier molecular flexibility index (Phi) is 6.38. The van der Waals surface area contributed by atoms with E-state index in [9.17, 15) is 12.8 Å². The van der Waals surface area contributed by atoms with Gasteiger partial charge in [0.15, 0.2) is 0 Å². The number of thiazole rings is 1. The van der Waals surface area contributed by atoms with Crippen molar-refractivity contribution in [1.29, 1.82) is 0 Å². The molecule has 31 heavy (non-hydrogen) atoms. The minimum absolute atomic E-state index is 0.0459. The summed E-state index contributed by atoms with van der Waals surface area (Å²) >= 11 is 1.59. The second-order valence-corrected chi connectivity index (χ2v) is 10.2. The molecule has 1 aliphatic heterocycles. The molecular formula is C22H24FN3O3S2. The third-order valence-electron chi connectivity index (χ3n) is 5.37. The third-order valence-corrected chi connectivity index (χ3v) is 8.35. The molecule has 4 rings (SSSR count). The van der Waals surface area contributed by atoms with Crippen molar-refractivity contribution in [2.24, 2.45) is 0 Å². The third kappa shape index (κ3) is 4.79. The fourth-order valence-corrected chi connectivity index (χ4v) is 6.07. The van der Waals surface area contributed by atoms with Gasteiger partial charge in [-0.2, -0.15) is 4.31 Å². The molecule has 0 spiro atoms. The van der Waals surface area contributed by atoms with Crippen LogP contribution < -0.4 is 4.74 Å². The van der Waals surface area contributed by atoms with Crippen LogP contribution in [0.25, 0.3) is 10.6 Å². The molecule has 0 amide bonds. The second-order valence-electron chi connectivity index (χ2n) is 7.46. The molecular weight excluding hydrogens is 437 g/mol. The molecule has 6 nitrogen and oxygen atoms in total. The number of halogens is 1. The summed E-state index contributed by atoms with van der Waals surface area (Å²) in [6.45, 7) is 4.29. The van der Waals surface area contributed by atoms with E-state index in [1.165, 1.54) is 16.4 Å². The van der Waals surface area contributed by atoms with Gasteiger partial charge in [-0.3, -0.25) is 4.90 Å². The highest BCUT2D eigenvalue weighted by molar-refractivity contribution is 7.89. The standard InChI is InChI=1S/C22H24FN3O3S2/c1-16-3-6-18(23)13-21(16)31(27,28)26-11-9-25(10-12-26)14-19-15-30-22(24-19)17-4-7-20(29-2)8-5-17/h3-8,13,15H,9-12,14H2,1-2H3. The van der Waals surface area contributed by atoms with Crippen molar-refractivity contribution in [3.05, 3.63) is 64.9 Å². The summed E-state index contributed by atoms with van der Waals surface area (Å²) in [6.07, 6.45) is 0. The van der Waals surface area contributed by atoms with E-state index in [1.54, 1.807) is 25.4 Å². The number of nitrogens with zero attached hydrogens (tertiary/aromatic N) is 3. The number of benzene rings is 2. The first-order valence-corrected chi connectivity index (χ1v) is 12.3. The zero-order valence-electron chi connectivity index (χ0n) is 17.4. The van der Waals surface area contributed by atoms with Crippen LogP contribution in [-0.2, 0) is 16.6 Å². The van der Waals surface area contributed by atoms with Gasteiger partial charge in [-0.1, -0.05) is 6.07 Å². The van der Waals surface area contributed by atoms with Gasteiger partial charge in [0.2, 0.25) is 10.0 Å². The number of sulfonamides is 1. The minimum Gasteiger partial charge on any atom is -0.497 e. The number of piperazine rings is 1. The number of hydrogen-bond donors (Lipinski definition) is 0. The molecule has 2 heterocycles. The van der Waals surface area contributed by atoms with E-state index in [0.29, 0.717) is 38.3 Å². The predicted octanol–water partition coefficient (Wildman–Crippen LogP) is 3.77. The molecule has 0 aliphatic carbocycles. The fraction of sp³-hybridized carbons (Fsp3) is 0.318. The van der Waals surface area contributed by atoms with Gasteiger partial charge in [0.25, 0.3) is 0 Å². The Morgan fingerprint density at radius 1 is 1.10 bits per heavy atom. The molecule has 0 bridgehead atoms. The summed E-state index contributed by atoms with van der Waals surface area (Å²) in [6, 6.07) is 11.7. The first-order chi connectivity index (χ1) is 14.9. The van der Waals surface area contributed by atoms with E-state index in [4.69, 9.17) is 9.72 Å². The average molecular weight is 462 g/mol. The Bertz CT molecular complexity index is 1150. The highest BCUT2D eigenvalue weighted by Crippen LogP contribution is 2.27. The molecule has 1 aromatic heterocycles. The number of aromatic nitrogens is 1. The Morgan fingerprint density at radius 3 is 2.48 bits per heavy atom. The van der Waals surface area contributed by atoms with E-state index in [1.807, 2.05) is 29.6 Å². The van der Waals surface area contributed by atoms with Crippen LogP contribution in [0.2, 0.25) is 0 Å². The van der Waals surface area contributed by atoms with Gasteiger partial charge in [-0.15, -0.1) is 11.3 Å². The molecule has 1 aliphatic rings. The summed E-state index contributed by atoms with van der Waals surface area (Å²) in [5.74, 6) is 0.265. The highest BCUT2D eigenvalue weighted by atomic mass is 32.2. The summed E-state index contributed by atoms with van der Waals surface area (Å²) < 4.78 is 46.1. The molecule has 3 aromatic rings. The van der Waals surface area contributed by atoms with Crippen LogP contribution in [0, 0.1) is 12.7 Å². The first kappa shape index (κ1) is 21.9. The number of rotatable bonds is 6. The van der Waals surface area contributed by atoms with Crippen molar-refractivity contribution < 1.29 is 17.5 Å². The maximum atomic E-state index is 13.6. The lowest BCUT2D eigenvalue weighted by atomic mass is 10.2. The Labute approximate surface area is 186 Å². The summed E-state index contributed by atoms with van der Waals surface area (Å²) in [5, 5.41) is 2.99. The van der Waals surface area contributed by atoms with Crippen LogP contribution in [0.3, 0.4) is 0 Å². The average Bonchev–Trinajstić information content (AvgIpc) is 3.24. The maximum absolute atomic E-state index is 13.6. The minimum atomic E-state index is -3.71. The quantitative estimate of drug-likeness (QED) is 0.559. The van der Waals surface area contributed by atoms with Crippen molar-refractivity contribution in [2.45, 2.75) is 18.4 Å². The van der Waals surface area contributed by atoms with Crippen LogP contribution in [0.4, 0.5) is 4.39 Å². The van der Waals surface area contributed by atoms with Gasteiger partial charge in [-0.25, -0.2) is 17.8 Å². The zero-order valence-corrected chi connectivity index (χ0v) is 19.0. The van der Waals surface area contributed by atoms with E-state index >= 15 is 0 Å². The molecule has 0 N–H and O–H groups in total. The number of aryl methyl sites for hydroxylation is 1. The summed E-state index contributed by atoms with van der Waals surface area (Å²) in [7, 11) is -2.07. The smallest absolute Gasteiger partial charge is 0.243 e. The molecule has 0 saturated carbocycles. The predicted molar refractivity (Wildman–Crippen MR) is 119 cm³/mol. The van der Waals surface area contributed by atoms with E-state index in [-0.39, 0.29) is 4.90 Å². The van der Waals surface area contributed by atoms with Crippen LogP contribution >= 0.6 is 11.3 Å². The summed E-state index contributed by atoms with van der Waals surface area (Å²) in [4.78, 5) is 6.97. The van der Waals surface area contributed by atoms with Gasteiger partial charge < -0.3 is 4.74 Å². The van der Waals surface area contributed by atoms with Gasteiger partial charge in [-0.05, 0) is 48.9 Å². The Hall–Kier alpha value is -2.33. The first-order valence-electron chi connectivity index (χ1n) is 9.94. The lowest BCUT2D eigenvalue weighted by Gasteiger charge is -2.33. The van der Waals surface area contributed by atoms with Crippen molar-refractivity contribution >= 4 is 21.4 Å². The van der Waals surface area contributed by atoms with Crippen molar-refractivity contribution in [1.82, 2.24) is 14.2 Å². The van der Waals surface area contributed by atoms with E-state index in [0.717, 1.165) is 28.1 Å². The Morgan fingerprint density at radius 2 is 1.81 bits per heavy atom. The number of hydrogen-bond acceptors (Lipinski definition) is 6. The monoisotopic (exact) mass is 461 g/mol. The molecule has 2 aromatic carbocycles. The van der Waals surface area contributed by atoms with Gasteiger partial charge in [0.05, 0.1) is 17.7 Å². The second kappa shape index (κ2) is 9.04. The molecule has 1 saturated heterocycles. The highest BCUT2D eigenvalue weighted by Gasteiger charge is 2.30. The van der Waals surface area contributed by atoms with Crippen LogP contribution in [0.5, 0.6) is 5.75 Å². The molecule has 1 fully saturated rings. The zero-order chi connectivity index (χ0) is 22.0. The molecule has 164 valence electrons. The number of methoxy groups -OCH3 is 1. The van der Waals surface area contributed by atoms with Crippen LogP contribution in [0.15, 0.2) is 52.7 Å². The molecule has 0 atom stereocenters. The lowest BCUT2D eigenvalue weighted by Crippen LogP contribution is -2.48. The molecule has 9 heteroatoms. The lowest BCUT2D eigenvalue weighted by molar-refractivity contribution is 0.180. The van der Waals surface area contributed by atoms with E-state index in [2.05, 4.69) is 4.90 Å². The fourth-order valence-electron chi connectivity index (χ4n) is 3.59. The number of ether oxygens (including phenoxy) is 1. The van der Waals surface area contributed by atoms with E-state index < -0.39 is 15.8 Å². The van der Waals surface area contributed by atoms with Crippen LogP contribution in [0.1, 0.15) is 11.3 Å².